The highest BCUT2D eigenvalue weighted by Crippen LogP contribution is 2.28. The number of rotatable bonds is 8. The molecule has 3 aromatic rings. The van der Waals surface area contributed by atoms with Gasteiger partial charge in [0.05, 0.1) is 10.6 Å². The number of nitrogens with one attached hydrogen (secondary N) is 2. The fourth-order valence-electron chi connectivity index (χ4n) is 4.89. The Kier molecular flexibility index (Phi) is 8.01. The number of carbonyl (C=O) groups excluding carboxylic acids is 2. The van der Waals surface area contributed by atoms with Gasteiger partial charge < -0.3 is 5.32 Å². The molecule has 1 saturated heterocycles. The van der Waals surface area contributed by atoms with Crippen LogP contribution in [0.4, 0.5) is 9.18 Å². The maximum atomic E-state index is 14.2. The molecule has 0 bridgehead atoms. The largest absolute Gasteiger partial charge is 0.314 e. The van der Waals surface area contributed by atoms with E-state index in [4.69, 9.17) is 0 Å². The van der Waals surface area contributed by atoms with Crippen LogP contribution in [0.1, 0.15) is 42.8 Å². The highest BCUT2D eigenvalue weighted by molar-refractivity contribution is 8.18. The summed E-state index contributed by atoms with van der Waals surface area (Å²) in [6, 6.07) is 11.2. The highest BCUT2D eigenvalue weighted by Gasteiger charge is 2.25. The van der Waals surface area contributed by atoms with E-state index < -0.39 is 0 Å². The number of thioether (sulfide) groups is 1. The molecule has 1 aromatic carbocycles. The van der Waals surface area contributed by atoms with Crippen LogP contribution in [-0.2, 0) is 17.6 Å². The molecule has 7 nitrogen and oxygen atoms in total. The van der Waals surface area contributed by atoms with E-state index in [0.29, 0.717) is 22.6 Å². The summed E-state index contributed by atoms with van der Waals surface area (Å²) < 4.78 is 14.2. The molecule has 2 fully saturated rings. The quantitative estimate of drug-likeness (QED) is 0.409. The van der Waals surface area contributed by atoms with E-state index >= 15 is 0 Å². The Bertz CT molecular complexity index is 1310. The number of hydrogen-bond donors (Lipinski definition) is 2. The van der Waals surface area contributed by atoms with Gasteiger partial charge in [-0.2, -0.15) is 0 Å². The molecule has 0 radical (unpaired) electrons. The van der Waals surface area contributed by atoms with Gasteiger partial charge in [-0.1, -0.05) is 12.1 Å². The lowest BCUT2D eigenvalue weighted by Gasteiger charge is -2.29. The Morgan fingerprint density at radius 3 is 2.70 bits per heavy atom. The van der Waals surface area contributed by atoms with Crippen molar-refractivity contribution < 1.29 is 14.0 Å². The van der Waals surface area contributed by atoms with Crippen LogP contribution in [0.2, 0.25) is 0 Å². The average Bonchev–Trinajstić information content (AvgIpc) is 3.21. The predicted octanol–water partition coefficient (Wildman–Crippen LogP) is 4.94. The summed E-state index contributed by atoms with van der Waals surface area (Å²) in [7, 11) is 0. The van der Waals surface area contributed by atoms with E-state index in [0.717, 1.165) is 79.3 Å². The average molecular weight is 518 g/mol. The van der Waals surface area contributed by atoms with E-state index in [-0.39, 0.29) is 17.0 Å². The van der Waals surface area contributed by atoms with Crippen molar-refractivity contribution in [3.05, 3.63) is 82.8 Å². The monoisotopic (exact) mass is 517 g/mol. The lowest BCUT2D eigenvalue weighted by molar-refractivity contribution is -0.115. The zero-order valence-corrected chi connectivity index (χ0v) is 21.1. The number of aromatic nitrogens is 3. The van der Waals surface area contributed by atoms with Crippen LogP contribution < -0.4 is 10.6 Å². The van der Waals surface area contributed by atoms with Gasteiger partial charge >= 0.3 is 0 Å². The maximum Gasteiger partial charge on any atom is 0.290 e. The molecule has 37 heavy (non-hydrogen) atoms. The molecule has 1 saturated carbocycles. The van der Waals surface area contributed by atoms with E-state index in [1.54, 1.807) is 42.9 Å². The Morgan fingerprint density at radius 2 is 1.95 bits per heavy atom. The first-order valence-electron chi connectivity index (χ1n) is 12.5. The second-order valence-corrected chi connectivity index (χ2v) is 10.5. The van der Waals surface area contributed by atoms with Gasteiger partial charge in [-0.3, -0.25) is 19.9 Å². The number of amides is 2. The molecule has 0 atom stereocenters. The van der Waals surface area contributed by atoms with E-state index in [2.05, 4.69) is 25.6 Å². The van der Waals surface area contributed by atoms with Crippen LogP contribution in [0.15, 0.2) is 59.9 Å². The minimum Gasteiger partial charge on any atom is -0.314 e. The van der Waals surface area contributed by atoms with Gasteiger partial charge in [0.2, 0.25) is 0 Å². The molecule has 190 valence electrons. The Hall–Kier alpha value is -3.43. The van der Waals surface area contributed by atoms with Crippen molar-refractivity contribution in [3.63, 3.8) is 0 Å². The minimum atomic E-state index is -0.382. The van der Waals surface area contributed by atoms with Gasteiger partial charge in [0, 0.05) is 36.6 Å². The number of nitrogens with zero attached hydrogens (tertiary/aromatic N) is 3. The third kappa shape index (κ3) is 6.87. The lowest BCUT2D eigenvalue weighted by atomic mass is 9.84. The number of carbonyl (C=O) groups is 2. The van der Waals surface area contributed by atoms with Crippen molar-refractivity contribution in [1.29, 1.82) is 0 Å². The fourth-order valence-corrected chi connectivity index (χ4v) is 5.56. The second-order valence-electron chi connectivity index (χ2n) is 9.47. The Morgan fingerprint density at radius 1 is 1.08 bits per heavy atom. The molecular weight excluding hydrogens is 489 g/mol. The van der Waals surface area contributed by atoms with Crippen LogP contribution in [0.25, 0.3) is 17.2 Å². The number of pyridine rings is 1. The van der Waals surface area contributed by atoms with Crippen LogP contribution >= 0.6 is 11.8 Å². The zero-order valence-electron chi connectivity index (χ0n) is 20.3. The van der Waals surface area contributed by atoms with Gasteiger partial charge in [0.25, 0.3) is 11.1 Å². The molecular formula is C28H28FN5O2S. The molecule has 2 aliphatic rings. The van der Waals surface area contributed by atoms with Gasteiger partial charge in [0.15, 0.2) is 0 Å². The summed E-state index contributed by atoms with van der Waals surface area (Å²) in [5, 5.41) is 5.54. The van der Waals surface area contributed by atoms with Crippen molar-refractivity contribution >= 4 is 29.0 Å². The predicted molar refractivity (Wildman–Crippen MR) is 142 cm³/mol. The zero-order chi connectivity index (χ0) is 25.6. The summed E-state index contributed by atoms with van der Waals surface area (Å²) in [5.74, 6) is 0.665. The molecule has 2 aromatic heterocycles. The maximum absolute atomic E-state index is 14.2. The first-order chi connectivity index (χ1) is 18.0. The number of benzene rings is 1. The van der Waals surface area contributed by atoms with Crippen molar-refractivity contribution in [2.75, 3.05) is 6.54 Å². The molecule has 0 unspecified atom stereocenters. The first kappa shape index (κ1) is 25.2. The smallest absolute Gasteiger partial charge is 0.290 e. The van der Waals surface area contributed by atoms with Crippen LogP contribution in [-0.4, -0.2) is 38.7 Å². The minimum absolute atomic E-state index is 0.224. The standard InChI is InChI=1S/C28H28FN5O2S/c29-22-13-19(12-21(15-22)20-2-1-9-30-17-20)7-10-31-23-5-3-18(4-6-23)14-26-32-11-8-24(33-26)16-25-27(35)34-28(36)37-25/h1-2,8-9,11-13,15-18,23,31H,3-7,10,14H2,(H,34,35,36)/b25-16-. The van der Waals surface area contributed by atoms with Gasteiger partial charge in [-0.25, -0.2) is 14.4 Å². The Labute approximate surface area is 219 Å². The Balaban J connectivity index is 1.09. The molecule has 9 heteroatoms. The normalized spacial score (nSPS) is 20.8. The van der Waals surface area contributed by atoms with E-state index in [1.165, 1.54) is 0 Å². The second kappa shape index (κ2) is 11.7. The molecule has 5 rings (SSSR count). The molecule has 1 aliphatic heterocycles. The van der Waals surface area contributed by atoms with Gasteiger partial charge in [0.1, 0.15) is 11.6 Å². The van der Waals surface area contributed by atoms with Crippen LogP contribution in [0.3, 0.4) is 0 Å². The summed E-state index contributed by atoms with van der Waals surface area (Å²) in [6.07, 6.45) is 12.7. The lowest BCUT2D eigenvalue weighted by Crippen LogP contribution is -2.35. The van der Waals surface area contributed by atoms with E-state index in [1.807, 2.05) is 18.2 Å². The molecule has 2 amide bonds. The number of halogens is 1. The summed E-state index contributed by atoms with van der Waals surface area (Å²) in [6.45, 7) is 0.805. The summed E-state index contributed by atoms with van der Waals surface area (Å²) in [4.78, 5) is 36.6. The molecule has 3 heterocycles. The van der Waals surface area contributed by atoms with Gasteiger partial charge in [-0.05, 0) is 97.8 Å². The topological polar surface area (TPSA) is 96.9 Å². The molecule has 2 N–H and O–H groups in total. The first-order valence-corrected chi connectivity index (χ1v) is 13.3. The third-order valence-corrected chi connectivity index (χ3v) is 7.58. The fraction of sp³-hybridized carbons (Fsp3) is 0.321. The number of imide groups is 1. The SMILES string of the molecule is O=C1NC(=O)/C(=C/c2ccnc(CC3CCC(NCCc4cc(F)cc(-c5cccnc5)c4)CC3)n2)S1. The van der Waals surface area contributed by atoms with E-state index in [9.17, 15) is 14.0 Å². The van der Waals surface area contributed by atoms with Crippen molar-refractivity contribution in [2.24, 2.45) is 5.92 Å². The van der Waals surface area contributed by atoms with Crippen molar-refractivity contribution in [3.8, 4) is 11.1 Å². The summed E-state index contributed by atoms with van der Waals surface area (Å²) >= 11 is 0.888. The number of hydrogen-bond acceptors (Lipinski definition) is 7. The molecule has 0 spiro atoms. The third-order valence-electron chi connectivity index (χ3n) is 6.77. The van der Waals surface area contributed by atoms with Crippen LogP contribution in [0.5, 0.6) is 0 Å². The van der Waals surface area contributed by atoms with Crippen molar-refractivity contribution in [2.45, 2.75) is 44.6 Å². The van der Waals surface area contributed by atoms with Gasteiger partial charge in [-0.15, -0.1) is 0 Å². The summed E-state index contributed by atoms with van der Waals surface area (Å²) in [5.41, 5.74) is 3.38. The van der Waals surface area contributed by atoms with Crippen LogP contribution in [0, 0.1) is 11.7 Å². The van der Waals surface area contributed by atoms with Crippen molar-refractivity contribution in [1.82, 2.24) is 25.6 Å². The molecule has 1 aliphatic carbocycles. The highest BCUT2D eigenvalue weighted by atomic mass is 32.2.